The van der Waals surface area contributed by atoms with E-state index in [1.165, 1.54) is 29.5 Å². The molecule has 4 rings (SSSR count). The Morgan fingerprint density at radius 3 is 2.45 bits per heavy atom. The molecule has 2 aliphatic rings. The first-order valence-electron chi connectivity index (χ1n) is 16.5. The molecule has 0 radical (unpaired) electrons. The highest BCUT2D eigenvalue weighted by Gasteiger charge is 2.35. The minimum atomic E-state index is -0.0630. The lowest BCUT2D eigenvalue weighted by molar-refractivity contribution is -0.118. The Kier molecular flexibility index (Phi) is 13.1. The first-order valence-corrected chi connectivity index (χ1v) is 16.8. The summed E-state index contributed by atoms with van der Waals surface area (Å²) in [6.45, 7) is 4.29. The van der Waals surface area contributed by atoms with Gasteiger partial charge < -0.3 is 0 Å². The minimum Gasteiger partial charge on any atom is -0.299 e. The van der Waals surface area contributed by atoms with Crippen LogP contribution in [0, 0.1) is 11.8 Å². The third-order valence-corrected chi connectivity index (χ3v) is 9.25. The summed E-state index contributed by atoms with van der Waals surface area (Å²) in [6, 6.07) is 14.7. The quantitative estimate of drug-likeness (QED) is 0.169. The molecule has 0 amide bonds. The number of aryl methyl sites for hydroxylation is 2. The zero-order chi connectivity index (χ0) is 29.7. The predicted octanol–water partition coefficient (Wildman–Crippen LogP) is 10.9. The summed E-state index contributed by atoms with van der Waals surface area (Å²) in [7, 11) is 0. The number of rotatable bonds is 17. The normalized spacial score (nSPS) is 16.2. The maximum Gasteiger partial charge on any atom is 0.147 e. The summed E-state index contributed by atoms with van der Waals surface area (Å²) >= 11 is 6.56. The van der Waals surface area contributed by atoms with Crippen molar-refractivity contribution in [2.45, 2.75) is 117 Å². The zero-order valence-corrected chi connectivity index (χ0v) is 26.5. The smallest absolute Gasteiger partial charge is 0.147 e. The maximum absolute atomic E-state index is 16.1. The molecule has 1 unspecified atom stereocenters. The molecule has 1 heterocycles. The van der Waals surface area contributed by atoms with Gasteiger partial charge in [-0.25, -0.2) is 4.39 Å². The van der Waals surface area contributed by atoms with Gasteiger partial charge in [0.1, 0.15) is 11.6 Å². The molecule has 1 aliphatic carbocycles. The Balaban J connectivity index is 1.32. The second kappa shape index (κ2) is 16.9. The molecule has 0 saturated heterocycles. The molecule has 0 spiro atoms. The van der Waals surface area contributed by atoms with E-state index in [4.69, 9.17) is 16.6 Å². The van der Waals surface area contributed by atoms with E-state index in [-0.39, 0.29) is 11.7 Å². The third kappa shape index (κ3) is 9.76. The SMILES string of the molecule is CCCCC(=O)Cc1ccc(CCCCC2=CCCC=NC(C(CCCc3c(Cl)cccc3CC)C3CC3)=C2F)cc1. The Labute approximate surface area is 258 Å². The van der Waals surface area contributed by atoms with Gasteiger partial charge in [-0.05, 0) is 123 Å². The highest BCUT2D eigenvalue weighted by atomic mass is 35.5. The van der Waals surface area contributed by atoms with Crippen molar-refractivity contribution in [2.75, 3.05) is 0 Å². The van der Waals surface area contributed by atoms with E-state index in [2.05, 4.69) is 50.3 Å². The van der Waals surface area contributed by atoms with E-state index in [1.54, 1.807) is 0 Å². The van der Waals surface area contributed by atoms with Crippen LogP contribution in [0.1, 0.15) is 113 Å². The molecule has 1 saturated carbocycles. The predicted molar refractivity (Wildman–Crippen MR) is 176 cm³/mol. The summed E-state index contributed by atoms with van der Waals surface area (Å²) < 4.78 is 16.1. The van der Waals surface area contributed by atoms with Crippen LogP contribution in [0.25, 0.3) is 0 Å². The number of carbonyl (C=O) groups is 1. The Hall–Kier alpha value is -2.52. The first-order chi connectivity index (χ1) is 20.5. The van der Waals surface area contributed by atoms with Gasteiger partial charge >= 0.3 is 0 Å². The molecule has 1 aliphatic heterocycles. The van der Waals surface area contributed by atoms with Crippen LogP contribution in [0.15, 0.2) is 70.6 Å². The molecule has 2 aromatic rings. The molecular weight excluding hydrogens is 541 g/mol. The van der Waals surface area contributed by atoms with E-state index in [9.17, 15) is 4.79 Å². The number of carbonyl (C=O) groups excluding carboxylic acids is 1. The fourth-order valence-corrected chi connectivity index (χ4v) is 6.53. The maximum atomic E-state index is 16.1. The summed E-state index contributed by atoms with van der Waals surface area (Å²) in [5.74, 6) is 0.992. The monoisotopic (exact) mass is 589 g/mol. The fraction of sp³-hybridized carbons (Fsp3) is 0.526. The zero-order valence-electron chi connectivity index (χ0n) is 25.8. The second-order valence-electron chi connectivity index (χ2n) is 12.2. The molecule has 0 aromatic heterocycles. The minimum absolute atomic E-state index is 0.0630. The van der Waals surface area contributed by atoms with Crippen molar-refractivity contribution >= 4 is 23.6 Å². The number of benzene rings is 2. The number of Topliss-reactive ketones (excluding diaryl/α,β-unsaturated/α-hetero) is 1. The average Bonchev–Trinajstić information content (AvgIpc) is 3.83. The summed E-state index contributed by atoms with van der Waals surface area (Å²) in [4.78, 5) is 16.9. The van der Waals surface area contributed by atoms with Gasteiger partial charge in [0.15, 0.2) is 0 Å². The van der Waals surface area contributed by atoms with Crippen LogP contribution in [0.5, 0.6) is 0 Å². The third-order valence-electron chi connectivity index (χ3n) is 8.90. The van der Waals surface area contributed by atoms with Crippen molar-refractivity contribution in [1.29, 1.82) is 0 Å². The van der Waals surface area contributed by atoms with E-state index < -0.39 is 0 Å². The lowest BCUT2D eigenvalue weighted by Crippen LogP contribution is -2.10. The van der Waals surface area contributed by atoms with E-state index in [0.29, 0.717) is 30.2 Å². The average molecular weight is 590 g/mol. The molecular formula is C38H49ClFNO. The van der Waals surface area contributed by atoms with E-state index in [1.807, 2.05) is 18.3 Å². The first kappa shape index (κ1) is 32.4. The molecule has 4 heteroatoms. The number of unbranched alkanes of at least 4 members (excludes halogenated alkanes) is 2. The number of nitrogens with zero attached hydrogens (tertiary/aromatic N) is 1. The van der Waals surface area contributed by atoms with Gasteiger partial charge in [-0.15, -0.1) is 0 Å². The number of halogens is 2. The number of allylic oxidation sites excluding steroid dienone is 4. The fourth-order valence-electron chi connectivity index (χ4n) is 6.24. The topological polar surface area (TPSA) is 29.4 Å². The second-order valence-corrected chi connectivity index (χ2v) is 12.6. The number of hydrogen-bond donors (Lipinski definition) is 0. The number of aliphatic imine (C=N–C) groups is 1. The van der Waals surface area contributed by atoms with Gasteiger partial charge in [-0.2, -0.15) is 0 Å². The van der Waals surface area contributed by atoms with Gasteiger partial charge in [0.05, 0.1) is 5.70 Å². The van der Waals surface area contributed by atoms with Crippen molar-refractivity contribution in [1.82, 2.24) is 0 Å². The van der Waals surface area contributed by atoms with Crippen molar-refractivity contribution < 1.29 is 9.18 Å². The van der Waals surface area contributed by atoms with Crippen LogP contribution in [0.4, 0.5) is 4.39 Å². The Bertz CT molecular complexity index is 1250. The van der Waals surface area contributed by atoms with Crippen molar-refractivity contribution in [3.63, 3.8) is 0 Å². The van der Waals surface area contributed by atoms with Gasteiger partial charge in [-0.1, -0.05) is 74.3 Å². The molecule has 0 N–H and O–H groups in total. The lowest BCUT2D eigenvalue weighted by Gasteiger charge is -2.21. The van der Waals surface area contributed by atoms with Crippen LogP contribution in [-0.4, -0.2) is 12.0 Å². The van der Waals surface area contributed by atoms with Crippen molar-refractivity contribution in [3.8, 4) is 0 Å². The molecule has 1 atom stereocenters. The molecule has 42 heavy (non-hydrogen) atoms. The highest BCUT2D eigenvalue weighted by Crippen LogP contribution is 2.46. The van der Waals surface area contributed by atoms with Crippen LogP contribution in [0.2, 0.25) is 5.02 Å². The van der Waals surface area contributed by atoms with Gasteiger partial charge in [0, 0.05) is 30.0 Å². The van der Waals surface area contributed by atoms with E-state index in [0.717, 1.165) is 93.2 Å². The summed E-state index contributed by atoms with van der Waals surface area (Å²) in [5.41, 5.74) is 6.50. The van der Waals surface area contributed by atoms with Crippen LogP contribution in [-0.2, 0) is 30.5 Å². The Morgan fingerprint density at radius 2 is 1.71 bits per heavy atom. The summed E-state index contributed by atoms with van der Waals surface area (Å²) in [6.07, 6.45) is 18.9. The molecule has 2 aromatic carbocycles. The van der Waals surface area contributed by atoms with Crippen LogP contribution in [0.3, 0.4) is 0 Å². The summed E-state index contributed by atoms with van der Waals surface area (Å²) in [5, 5.41) is 0.852. The van der Waals surface area contributed by atoms with Crippen molar-refractivity contribution in [3.05, 3.63) is 92.9 Å². The lowest BCUT2D eigenvalue weighted by atomic mass is 9.88. The van der Waals surface area contributed by atoms with Crippen LogP contribution >= 0.6 is 11.6 Å². The van der Waals surface area contributed by atoms with Gasteiger partial charge in [0.25, 0.3) is 0 Å². The van der Waals surface area contributed by atoms with E-state index >= 15 is 4.39 Å². The number of hydrogen-bond acceptors (Lipinski definition) is 2. The largest absolute Gasteiger partial charge is 0.299 e. The molecule has 2 nitrogen and oxygen atoms in total. The molecule has 226 valence electrons. The standard InChI is InChI=1S/C38H49ClFNO/c1-3-5-16-33(42)27-29-22-20-28(21-23-29)12-6-7-13-32-14-8-9-26-41-38(37(32)40)35(31-24-25-31)18-11-17-34-30(4-2)15-10-19-36(34)39/h10,14-15,19-23,26,31,35H,3-9,11-13,16-18,24-25,27H2,1-2H3. The highest BCUT2D eigenvalue weighted by molar-refractivity contribution is 6.31. The molecule has 0 bridgehead atoms. The van der Waals surface area contributed by atoms with Gasteiger partial charge in [0.2, 0.25) is 0 Å². The number of ketones is 1. The molecule has 1 fully saturated rings. The van der Waals surface area contributed by atoms with Gasteiger partial charge in [-0.3, -0.25) is 9.79 Å². The van der Waals surface area contributed by atoms with Crippen LogP contribution < -0.4 is 0 Å². The van der Waals surface area contributed by atoms with Crippen molar-refractivity contribution in [2.24, 2.45) is 16.8 Å². The Morgan fingerprint density at radius 1 is 0.952 bits per heavy atom.